The van der Waals surface area contributed by atoms with Gasteiger partial charge in [-0.25, -0.2) is 15.1 Å². The molecule has 0 atom stereocenters. The Hall–Kier alpha value is -2.44. The van der Waals surface area contributed by atoms with E-state index in [4.69, 9.17) is 0 Å². The van der Waals surface area contributed by atoms with E-state index >= 15 is 0 Å². The lowest BCUT2D eigenvalue weighted by molar-refractivity contribution is -0.485. The topological polar surface area (TPSA) is 83.1 Å². The molecule has 0 aromatic heterocycles. The summed E-state index contributed by atoms with van der Waals surface area (Å²) in [4.78, 5) is 16.1. The predicted molar refractivity (Wildman–Crippen MR) is 63.7 cm³/mol. The van der Waals surface area contributed by atoms with E-state index in [0.717, 1.165) is 5.69 Å². The number of para-hydroxylation sites is 1. The average molecular weight is 233 g/mol. The van der Waals surface area contributed by atoms with Crippen molar-refractivity contribution in [3.8, 4) is 0 Å². The van der Waals surface area contributed by atoms with Crippen LogP contribution in [0.15, 0.2) is 40.4 Å². The molecule has 0 saturated carbocycles. The third-order valence-electron chi connectivity index (χ3n) is 2.19. The van der Waals surface area contributed by atoms with Gasteiger partial charge in [0.1, 0.15) is 5.10 Å². The second-order valence-electron chi connectivity index (χ2n) is 3.36. The van der Waals surface area contributed by atoms with Crippen LogP contribution >= 0.6 is 0 Å². The number of hydrogen-bond acceptors (Lipinski definition) is 3. The molecule has 1 fully saturated rings. The van der Waals surface area contributed by atoms with Gasteiger partial charge in [-0.15, -0.1) is 0 Å². The molecule has 7 heteroatoms. The van der Waals surface area contributed by atoms with Gasteiger partial charge < -0.3 is 5.32 Å². The number of hydrazone groups is 1. The van der Waals surface area contributed by atoms with Crippen LogP contribution in [0.2, 0.25) is 0 Å². The minimum absolute atomic E-state index is 0.217. The second-order valence-corrected chi connectivity index (χ2v) is 3.36. The van der Waals surface area contributed by atoms with Crippen molar-refractivity contribution in [1.29, 1.82) is 0 Å². The van der Waals surface area contributed by atoms with Gasteiger partial charge in [0.15, 0.2) is 5.03 Å². The molecule has 1 N–H and O–H groups in total. The molecular formula is C10H11N5O2. The molecule has 17 heavy (non-hydrogen) atoms. The molecule has 0 amide bonds. The molecule has 1 aromatic carbocycles. The predicted octanol–water partition coefficient (Wildman–Crippen LogP) is 0.799. The number of guanidine groups is 1. The first kappa shape index (κ1) is 11.1. The van der Waals surface area contributed by atoms with Crippen LogP contribution < -0.4 is 5.32 Å². The quantitative estimate of drug-likeness (QED) is 0.362. The minimum atomic E-state index is -0.725. The van der Waals surface area contributed by atoms with Gasteiger partial charge >= 0.3 is 0 Å². The molecule has 0 radical (unpaired) electrons. The van der Waals surface area contributed by atoms with Gasteiger partial charge in [-0.1, -0.05) is 18.2 Å². The van der Waals surface area contributed by atoms with Crippen molar-refractivity contribution < 1.29 is 5.03 Å². The Bertz CT molecular complexity index is 457. The van der Waals surface area contributed by atoms with Crippen LogP contribution in [0.4, 0.5) is 5.69 Å². The van der Waals surface area contributed by atoms with E-state index in [1.165, 1.54) is 6.34 Å². The van der Waals surface area contributed by atoms with Crippen molar-refractivity contribution in [3.63, 3.8) is 0 Å². The number of aliphatic imine (C=N–C) groups is 1. The highest BCUT2D eigenvalue weighted by Crippen LogP contribution is 2.09. The van der Waals surface area contributed by atoms with E-state index in [-0.39, 0.29) is 5.96 Å². The molecule has 1 saturated heterocycles. The van der Waals surface area contributed by atoms with Crippen LogP contribution in [0.25, 0.3) is 0 Å². The monoisotopic (exact) mass is 233 g/mol. The molecule has 1 aliphatic heterocycles. The third kappa shape index (κ3) is 3.00. The van der Waals surface area contributed by atoms with E-state index in [2.05, 4.69) is 15.4 Å². The van der Waals surface area contributed by atoms with Gasteiger partial charge in [0, 0.05) is 13.1 Å². The molecule has 88 valence electrons. The van der Waals surface area contributed by atoms with E-state index in [0.29, 0.717) is 13.1 Å². The number of nitrogens with zero attached hydrogens (tertiary/aromatic N) is 4. The normalized spacial score (nSPS) is 17.6. The van der Waals surface area contributed by atoms with E-state index in [1.54, 1.807) is 4.90 Å². The fraction of sp³-hybridized carbons (Fsp3) is 0.200. The van der Waals surface area contributed by atoms with Gasteiger partial charge in [-0.3, -0.25) is 4.90 Å². The van der Waals surface area contributed by atoms with Gasteiger partial charge in [-0.2, -0.15) is 0 Å². The van der Waals surface area contributed by atoms with Crippen molar-refractivity contribution in [1.82, 2.24) is 10.2 Å². The smallest absolute Gasteiger partial charge is 0.276 e. The third-order valence-corrected chi connectivity index (χ3v) is 2.19. The molecule has 0 aliphatic carbocycles. The van der Waals surface area contributed by atoms with Gasteiger partial charge in [0.25, 0.3) is 5.96 Å². The fourth-order valence-electron chi connectivity index (χ4n) is 1.43. The van der Waals surface area contributed by atoms with Crippen molar-refractivity contribution >= 4 is 18.0 Å². The highest BCUT2D eigenvalue weighted by atomic mass is 16.7. The first-order valence-electron chi connectivity index (χ1n) is 5.08. The minimum Gasteiger partial charge on any atom is -0.349 e. The Morgan fingerprint density at radius 1 is 1.41 bits per heavy atom. The number of nitrogens with one attached hydrogen (secondary N) is 1. The van der Waals surface area contributed by atoms with Crippen molar-refractivity contribution in [2.45, 2.75) is 0 Å². The lowest BCUT2D eigenvalue weighted by atomic mass is 10.3. The number of rotatable bonds is 3. The fourth-order valence-corrected chi connectivity index (χ4v) is 1.43. The Labute approximate surface area is 97.6 Å². The number of hydrogen-bond donors (Lipinski definition) is 1. The standard InChI is InChI=1S/C10H11N5O2/c16-15(17)13-10-11-6-7-14(10)8-12-9-4-2-1-3-5-9/h1-5,8H,6-7H2,(H,11,13). The summed E-state index contributed by atoms with van der Waals surface area (Å²) < 4.78 is 0. The van der Waals surface area contributed by atoms with Crippen LogP contribution in [-0.2, 0) is 0 Å². The first-order valence-corrected chi connectivity index (χ1v) is 5.08. The Kier molecular flexibility index (Phi) is 3.29. The summed E-state index contributed by atoms with van der Waals surface area (Å²) in [5, 5.41) is 15.6. The molecule has 1 aromatic rings. The van der Waals surface area contributed by atoms with Crippen LogP contribution in [-0.4, -0.2) is 35.3 Å². The van der Waals surface area contributed by atoms with Crippen molar-refractivity contribution in [2.24, 2.45) is 10.1 Å². The average Bonchev–Trinajstić information content (AvgIpc) is 2.74. The van der Waals surface area contributed by atoms with Gasteiger partial charge in [-0.05, 0) is 12.1 Å². The maximum Gasteiger partial charge on any atom is 0.276 e. The first-order chi connectivity index (χ1) is 8.25. The molecule has 0 spiro atoms. The van der Waals surface area contributed by atoms with Crippen molar-refractivity contribution in [2.75, 3.05) is 13.1 Å². The Morgan fingerprint density at radius 2 is 2.18 bits per heavy atom. The summed E-state index contributed by atoms with van der Waals surface area (Å²) in [7, 11) is 0. The lowest BCUT2D eigenvalue weighted by Gasteiger charge is -2.07. The summed E-state index contributed by atoms with van der Waals surface area (Å²) in [5.41, 5.74) is 0.792. The van der Waals surface area contributed by atoms with Gasteiger partial charge in [0.05, 0.1) is 12.0 Å². The molecule has 2 rings (SSSR count). The van der Waals surface area contributed by atoms with Crippen LogP contribution in [0, 0.1) is 10.1 Å². The highest BCUT2D eigenvalue weighted by Gasteiger charge is 2.19. The highest BCUT2D eigenvalue weighted by molar-refractivity contribution is 5.92. The summed E-state index contributed by atoms with van der Waals surface area (Å²) in [6, 6.07) is 9.35. The zero-order valence-electron chi connectivity index (χ0n) is 8.98. The lowest BCUT2D eigenvalue weighted by Crippen LogP contribution is -2.29. The maximum absolute atomic E-state index is 10.3. The summed E-state index contributed by atoms with van der Waals surface area (Å²) >= 11 is 0. The summed E-state index contributed by atoms with van der Waals surface area (Å²) in [6.07, 6.45) is 1.54. The molecular weight excluding hydrogens is 222 g/mol. The number of benzene rings is 1. The molecule has 1 aliphatic rings. The SMILES string of the molecule is O=[N+]([O-])N=C1NCCN1C=Nc1ccccc1. The summed E-state index contributed by atoms with van der Waals surface area (Å²) in [6.45, 7) is 1.23. The zero-order valence-corrected chi connectivity index (χ0v) is 8.98. The van der Waals surface area contributed by atoms with Crippen LogP contribution in [0.5, 0.6) is 0 Å². The van der Waals surface area contributed by atoms with Crippen molar-refractivity contribution in [3.05, 3.63) is 40.4 Å². The molecule has 0 unspecified atom stereocenters. The molecule has 0 bridgehead atoms. The van der Waals surface area contributed by atoms with E-state index in [1.807, 2.05) is 30.3 Å². The Balaban J connectivity index is 2.08. The zero-order chi connectivity index (χ0) is 12.1. The van der Waals surface area contributed by atoms with Crippen LogP contribution in [0.3, 0.4) is 0 Å². The molecule has 1 heterocycles. The van der Waals surface area contributed by atoms with E-state index in [9.17, 15) is 10.1 Å². The number of nitro groups is 1. The van der Waals surface area contributed by atoms with Crippen LogP contribution in [0.1, 0.15) is 0 Å². The summed E-state index contributed by atoms with van der Waals surface area (Å²) in [5.74, 6) is 0.217. The Morgan fingerprint density at radius 3 is 2.88 bits per heavy atom. The van der Waals surface area contributed by atoms with Gasteiger partial charge in [0.2, 0.25) is 0 Å². The largest absolute Gasteiger partial charge is 0.349 e. The second kappa shape index (κ2) is 5.06. The maximum atomic E-state index is 10.3. The van der Waals surface area contributed by atoms with E-state index < -0.39 is 5.03 Å². The molecule has 7 nitrogen and oxygen atoms in total.